The lowest BCUT2D eigenvalue weighted by Crippen LogP contribution is -2.13. The van der Waals surface area contributed by atoms with Gasteiger partial charge in [0.25, 0.3) is 5.91 Å². The minimum atomic E-state index is -0.255. The summed E-state index contributed by atoms with van der Waals surface area (Å²) < 4.78 is 0. The molecule has 6 heteroatoms. The molecule has 1 N–H and O–H groups in total. The molecule has 3 nitrogen and oxygen atoms in total. The molecule has 0 spiro atoms. The molecule has 0 radical (unpaired) electrons. The van der Waals surface area contributed by atoms with Gasteiger partial charge < -0.3 is 5.32 Å². The summed E-state index contributed by atoms with van der Waals surface area (Å²) in [6.45, 7) is 0. The average molecular weight is 337 g/mol. The summed E-state index contributed by atoms with van der Waals surface area (Å²) in [5.74, 6) is 0.0336. The van der Waals surface area contributed by atoms with Gasteiger partial charge in [0.05, 0.1) is 27.4 Å². The fourth-order valence-corrected chi connectivity index (χ4v) is 2.67. The van der Waals surface area contributed by atoms with E-state index in [2.05, 4.69) is 5.32 Å². The molecule has 0 aliphatic rings. The highest BCUT2D eigenvalue weighted by molar-refractivity contribution is 7.99. The summed E-state index contributed by atoms with van der Waals surface area (Å²) in [6, 6.07) is 14.1. The van der Waals surface area contributed by atoms with Crippen LogP contribution in [-0.4, -0.2) is 11.7 Å². The molecule has 0 aromatic heterocycles. The van der Waals surface area contributed by atoms with Crippen LogP contribution in [0.15, 0.2) is 47.4 Å². The molecule has 2 rings (SSSR count). The second kappa shape index (κ2) is 7.37. The predicted octanol–water partition coefficient (Wildman–Crippen LogP) is 4.86. The van der Waals surface area contributed by atoms with Crippen LogP contribution in [0.25, 0.3) is 0 Å². The molecule has 0 saturated carbocycles. The van der Waals surface area contributed by atoms with Gasteiger partial charge in [0, 0.05) is 10.6 Å². The fourth-order valence-electron chi connectivity index (χ4n) is 1.66. The number of carbonyl (C=O) groups excluding carboxylic acids is 1. The third kappa shape index (κ3) is 4.15. The molecule has 2 aromatic rings. The minimum absolute atomic E-state index is 0.255. The number of nitrogens with zero attached hydrogens (tertiary/aromatic N) is 1. The molecule has 0 bridgehead atoms. The molecule has 0 fully saturated rings. The van der Waals surface area contributed by atoms with E-state index in [1.165, 1.54) is 11.8 Å². The first kappa shape index (κ1) is 15.7. The van der Waals surface area contributed by atoms with Gasteiger partial charge in [-0.25, -0.2) is 0 Å². The number of benzene rings is 2. The number of anilines is 1. The first-order valence-electron chi connectivity index (χ1n) is 5.97. The lowest BCUT2D eigenvalue weighted by Gasteiger charge is -2.09. The summed E-state index contributed by atoms with van der Waals surface area (Å²) in [5, 5.41) is 12.2. The second-order valence-corrected chi connectivity index (χ2v) is 5.86. The van der Waals surface area contributed by atoms with Crippen molar-refractivity contribution in [1.82, 2.24) is 0 Å². The van der Waals surface area contributed by atoms with Crippen molar-refractivity contribution in [1.29, 1.82) is 5.26 Å². The average Bonchev–Trinajstić information content (AvgIpc) is 2.49. The van der Waals surface area contributed by atoms with Gasteiger partial charge in [-0.15, -0.1) is 11.8 Å². The molecular weight excluding hydrogens is 327 g/mol. The Bertz CT molecular complexity index is 713. The number of carbonyl (C=O) groups is 1. The van der Waals surface area contributed by atoms with Crippen LogP contribution in [-0.2, 0) is 0 Å². The molecule has 106 valence electrons. The van der Waals surface area contributed by atoms with Crippen molar-refractivity contribution in [2.24, 2.45) is 0 Å². The zero-order valence-corrected chi connectivity index (χ0v) is 13.1. The minimum Gasteiger partial charge on any atom is -0.322 e. The van der Waals surface area contributed by atoms with E-state index < -0.39 is 0 Å². The molecule has 1 amide bonds. The van der Waals surface area contributed by atoms with Crippen LogP contribution in [0, 0.1) is 11.3 Å². The molecule has 0 aliphatic carbocycles. The van der Waals surface area contributed by atoms with Gasteiger partial charge in [0.1, 0.15) is 0 Å². The van der Waals surface area contributed by atoms with Gasteiger partial charge in [-0.2, -0.15) is 5.26 Å². The van der Waals surface area contributed by atoms with E-state index in [0.717, 1.165) is 4.90 Å². The molecule has 0 heterocycles. The number of halogens is 2. The number of amides is 1. The Morgan fingerprint density at radius 3 is 2.67 bits per heavy atom. The van der Waals surface area contributed by atoms with Gasteiger partial charge in [0.2, 0.25) is 0 Å². The molecule has 0 atom stereocenters. The van der Waals surface area contributed by atoms with Crippen LogP contribution in [0.4, 0.5) is 5.69 Å². The molecule has 0 unspecified atom stereocenters. The summed E-state index contributed by atoms with van der Waals surface area (Å²) in [4.78, 5) is 13.1. The van der Waals surface area contributed by atoms with Crippen LogP contribution in [0.2, 0.25) is 10.0 Å². The highest BCUT2D eigenvalue weighted by Gasteiger charge is 2.12. The molecule has 21 heavy (non-hydrogen) atoms. The number of rotatable bonds is 4. The van der Waals surface area contributed by atoms with Gasteiger partial charge in [-0.3, -0.25) is 4.79 Å². The van der Waals surface area contributed by atoms with Crippen LogP contribution >= 0.6 is 35.0 Å². The Morgan fingerprint density at radius 1 is 1.19 bits per heavy atom. The van der Waals surface area contributed by atoms with E-state index in [0.29, 0.717) is 21.3 Å². The zero-order valence-electron chi connectivity index (χ0n) is 10.8. The third-order valence-corrected chi connectivity index (χ3v) is 4.28. The van der Waals surface area contributed by atoms with E-state index >= 15 is 0 Å². The molecule has 0 saturated heterocycles. The van der Waals surface area contributed by atoms with E-state index in [1.807, 2.05) is 18.2 Å². The summed E-state index contributed by atoms with van der Waals surface area (Å²) in [7, 11) is 0. The maximum Gasteiger partial charge on any atom is 0.256 e. The second-order valence-electron chi connectivity index (χ2n) is 4.03. The van der Waals surface area contributed by atoms with E-state index in [1.54, 1.807) is 30.3 Å². The first-order chi connectivity index (χ1) is 10.1. The molecule has 0 aliphatic heterocycles. The van der Waals surface area contributed by atoms with Crippen molar-refractivity contribution < 1.29 is 4.79 Å². The fraction of sp³-hybridized carbons (Fsp3) is 0.0667. The maximum atomic E-state index is 12.3. The van der Waals surface area contributed by atoms with Crippen molar-refractivity contribution in [3.8, 4) is 6.07 Å². The van der Waals surface area contributed by atoms with E-state index in [-0.39, 0.29) is 11.7 Å². The van der Waals surface area contributed by atoms with Crippen LogP contribution < -0.4 is 5.32 Å². The van der Waals surface area contributed by atoms with Gasteiger partial charge in [0.15, 0.2) is 0 Å². The number of thioether (sulfide) groups is 1. The van der Waals surface area contributed by atoms with Crippen molar-refractivity contribution in [3.63, 3.8) is 0 Å². The third-order valence-electron chi connectivity index (χ3n) is 2.60. The van der Waals surface area contributed by atoms with Crippen molar-refractivity contribution in [2.75, 3.05) is 11.1 Å². The quantitative estimate of drug-likeness (QED) is 0.811. The largest absolute Gasteiger partial charge is 0.322 e. The number of hydrogen-bond acceptors (Lipinski definition) is 3. The SMILES string of the molecule is N#CCSc1ccccc1C(=O)Nc1ccc(Cl)c(Cl)c1. The Kier molecular flexibility index (Phi) is 5.51. The monoisotopic (exact) mass is 336 g/mol. The van der Waals surface area contributed by atoms with Gasteiger partial charge in [-0.05, 0) is 30.3 Å². The van der Waals surface area contributed by atoms with Gasteiger partial charge >= 0.3 is 0 Å². The van der Waals surface area contributed by atoms with Crippen molar-refractivity contribution in [2.45, 2.75) is 4.90 Å². The summed E-state index contributed by atoms with van der Waals surface area (Å²) in [5.41, 5.74) is 1.08. The van der Waals surface area contributed by atoms with E-state index in [4.69, 9.17) is 28.5 Å². The Balaban J connectivity index is 2.20. The van der Waals surface area contributed by atoms with Crippen LogP contribution in [0.3, 0.4) is 0 Å². The predicted molar refractivity (Wildman–Crippen MR) is 87.2 cm³/mol. The van der Waals surface area contributed by atoms with Gasteiger partial charge in [-0.1, -0.05) is 35.3 Å². The maximum absolute atomic E-state index is 12.3. The number of nitriles is 1. The van der Waals surface area contributed by atoms with Crippen LogP contribution in [0.1, 0.15) is 10.4 Å². The number of nitrogens with one attached hydrogen (secondary N) is 1. The summed E-state index contributed by atoms with van der Waals surface area (Å²) >= 11 is 13.1. The summed E-state index contributed by atoms with van der Waals surface area (Å²) in [6.07, 6.45) is 0. The number of hydrogen-bond donors (Lipinski definition) is 1. The standard InChI is InChI=1S/C15H10Cl2N2OS/c16-12-6-5-10(9-13(12)17)19-15(20)11-3-1-2-4-14(11)21-8-7-18/h1-6,9H,8H2,(H,19,20). The Morgan fingerprint density at radius 2 is 1.95 bits per heavy atom. The van der Waals surface area contributed by atoms with Crippen molar-refractivity contribution in [3.05, 3.63) is 58.1 Å². The topological polar surface area (TPSA) is 52.9 Å². The highest BCUT2D eigenvalue weighted by atomic mass is 35.5. The van der Waals surface area contributed by atoms with Crippen molar-refractivity contribution >= 4 is 46.6 Å². The van der Waals surface area contributed by atoms with E-state index in [9.17, 15) is 4.79 Å². The zero-order chi connectivity index (χ0) is 15.2. The molecular formula is C15H10Cl2N2OS. The van der Waals surface area contributed by atoms with Crippen LogP contribution in [0.5, 0.6) is 0 Å². The lowest BCUT2D eigenvalue weighted by molar-refractivity contribution is 0.102. The first-order valence-corrected chi connectivity index (χ1v) is 7.71. The smallest absolute Gasteiger partial charge is 0.256 e. The highest BCUT2D eigenvalue weighted by Crippen LogP contribution is 2.27. The molecule has 2 aromatic carbocycles. The Labute approximate surface area is 136 Å². The normalized spacial score (nSPS) is 9.95. The Hall–Kier alpha value is -1.67. The lowest BCUT2D eigenvalue weighted by atomic mass is 10.2.